The standard InChI is InChI=1S/C24H21N7O3/c1-14(13-32)30-8-6-17(7-9-30)31-22-18(23(33)29-24(31)34)12-27-20-5-4-19(28-21(20)22)15-2-3-16(10-25)26-11-15/h2-5,11-12,17,32H,1,6-9,13H2,(H,29,33,34). The molecule has 0 bridgehead atoms. The number of aromatic amines is 1. The van der Waals surface area contributed by atoms with Gasteiger partial charge >= 0.3 is 5.69 Å². The topological polar surface area (TPSA) is 141 Å². The van der Waals surface area contributed by atoms with Gasteiger partial charge in [0.05, 0.1) is 28.7 Å². The van der Waals surface area contributed by atoms with Crippen LogP contribution in [0.4, 0.5) is 0 Å². The zero-order chi connectivity index (χ0) is 23.8. The van der Waals surface area contributed by atoms with Crippen LogP contribution in [-0.4, -0.2) is 54.2 Å². The summed E-state index contributed by atoms with van der Waals surface area (Å²) in [6, 6.07) is 8.77. The Morgan fingerprint density at radius 1 is 1.18 bits per heavy atom. The van der Waals surface area contributed by atoms with Crippen molar-refractivity contribution in [3.8, 4) is 17.3 Å². The molecule has 10 nitrogen and oxygen atoms in total. The van der Waals surface area contributed by atoms with E-state index in [-0.39, 0.29) is 18.0 Å². The number of piperidine rings is 1. The van der Waals surface area contributed by atoms with Crippen LogP contribution in [0, 0.1) is 11.3 Å². The van der Waals surface area contributed by atoms with Crippen molar-refractivity contribution in [1.82, 2.24) is 29.4 Å². The fraction of sp³-hybridized carbons (Fsp3) is 0.250. The molecule has 5 rings (SSSR count). The van der Waals surface area contributed by atoms with E-state index in [9.17, 15) is 14.7 Å². The number of pyridine rings is 3. The van der Waals surface area contributed by atoms with Crippen LogP contribution < -0.4 is 11.2 Å². The molecule has 0 unspecified atom stereocenters. The highest BCUT2D eigenvalue weighted by Gasteiger charge is 2.25. The number of nitrogens with zero attached hydrogens (tertiary/aromatic N) is 6. The van der Waals surface area contributed by atoms with E-state index in [0.717, 1.165) is 0 Å². The minimum absolute atomic E-state index is 0.112. The van der Waals surface area contributed by atoms with Crippen LogP contribution in [0.1, 0.15) is 24.6 Å². The van der Waals surface area contributed by atoms with Crippen LogP contribution in [0.2, 0.25) is 0 Å². The SMILES string of the molecule is C=C(CO)N1CCC(n2c(=O)[nH]c(=O)c3cnc4ccc(-c5ccc(C#N)nc5)nc4c32)CC1. The third-order valence-electron chi connectivity index (χ3n) is 6.24. The van der Waals surface area contributed by atoms with E-state index in [1.807, 2.05) is 11.0 Å². The number of fused-ring (bicyclic) bond motifs is 3. The maximum Gasteiger partial charge on any atom is 0.329 e. The fourth-order valence-electron chi connectivity index (χ4n) is 4.45. The number of hydrogen-bond acceptors (Lipinski definition) is 8. The third kappa shape index (κ3) is 3.62. The third-order valence-corrected chi connectivity index (χ3v) is 6.24. The Labute approximate surface area is 193 Å². The van der Waals surface area contributed by atoms with Crippen molar-refractivity contribution < 1.29 is 5.11 Å². The summed E-state index contributed by atoms with van der Waals surface area (Å²) in [5.74, 6) is 0. The van der Waals surface area contributed by atoms with E-state index < -0.39 is 11.2 Å². The van der Waals surface area contributed by atoms with Gasteiger partial charge in [0.2, 0.25) is 0 Å². The molecule has 0 atom stereocenters. The second-order valence-electron chi connectivity index (χ2n) is 8.20. The molecule has 0 saturated carbocycles. The molecule has 1 aliphatic rings. The largest absolute Gasteiger partial charge is 0.390 e. The molecule has 0 amide bonds. The van der Waals surface area contributed by atoms with Crippen LogP contribution in [-0.2, 0) is 0 Å². The van der Waals surface area contributed by atoms with Gasteiger partial charge in [0.15, 0.2) is 0 Å². The van der Waals surface area contributed by atoms with Gasteiger partial charge < -0.3 is 10.0 Å². The van der Waals surface area contributed by atoms with Gasteiger partial charge in [-0.3, -0.25) is 19.3 Å². The lowest BCUT2D eigenvalue weighted by Crippen LogP contribution is -2.40. The van der Waals surface area contributed by atoms with Crippen molar-refractivity contribution in [2.24, 2.45) is 0 Å². The van der Waals surface area contributed by atoms with Gasteiger partial charge in [0.1, 0.15) is 17.3 Å². The van der Waals surface area contributed by atoms with Crippen molar-refractivity contribution in [3.63, 3.8) is 0 Å². The number of aliphatic hydroxyl groups excluding tert-OH is 1. The molecule has 1 saturated heterocycles. The van der Waals surface area contributed by atoms with E-state index in [2.05, 4.69) is 21.5 Å². The second-order valence-corrected chi connectivity index (χ2v) is 8.20. The van der Waals surface area contributed by atoms with Crippen molar-refractivity contribution in [2.75, 3.05) is 19.7 Å². The van der Waals surface area contributed by atoms with Crippen molar-refractivity contribution in [1.29, 1.82) is 5.26 Å². The second kappa shape index (κ2) is 8.53. The minimum atomic E-state index is -0.510. The molecule has 1 fully saturated rings. The summed E-state index contributed by atoms with van der Waals surface area (Å²) < 4.78 is 1.62. The quantitative estimate of drug-likeness (QED) is 0.443. The molecule has 4 aromatic heterocycles. The van der Waals surface area contributed by atoms with E-state index in [0.29, 0.717) is 65.1 Å². The molecule has 0 spiro atoms. The predicted octanol–water partition coefficient (Wildman–Crippen LogP) is 1.71. The fourth-order valence-corrected chi connectivity index (χ4v) is 4.45. The summed E-state index contributed by atoms with van der Waals surface area (Å²) in [5, 5.41) is 18.7. The summed E-state index contributed by atoms with van der Waals surface area (Å²) in [5.41, 5.74) is 2.69. The Balaban J connectivity index is 1.68. The molecule has 10 heteroatoms. The Morgan fingerprint density at radius 2 is 1.97 bits per heavy atom. The minimum Gasteiger partial charge on any atom is -0.390 e. The number of nitriles is 1. The lowest BCUT2D eigenvalue weighted by Gasteiger charge is -2.35. The molecular weight excluding hydrogens is 434 g/mol. The van der Waals surface area contributed by atoms with E-state index in [1.165, 1.54) is 6.20 Å². The van der Waals surface area contributed by atoms with Gasteiger partial charge in [-0.05, 0) is 37.1 Å². The van der Waals surface area contributed by atoms with Crippen LogP contribution in [0.3, 0.4) is 0 Å². The molecule has 170 valence electrons. The van der Waals surface area contributed by atoms with Gasteiger partial charge in [-0.1, -0.05) is 6.58 Å². The summed E-state index contributed by atoms with van der Waals surface area (Å²) >= 11 is 0. The molecule has 0 aromatic carbocycles. The number of H-pyrrole nitrogens is 1. The number of rotatable bonds is 4. The number of hydrogen-bond donors (Lipinski definition) is 2. The number of likely N-dealkylation sites (tertiary alicyclic amines) is 1. The van der Waals surface area contributed by atoms with Crippen LogP contribution >= 0.6 is 0 Å². The maximum atomic E-state index is 13.0. The average Bonchev–Trinajstić information content (AvgIpc) is 2.88. The van der Waals surface area contributed by atoms with Crippen molar-refractivity contribution in [3.05, 3.63) is 75.5 Å². The monoisotopic (exact) mass is 455 g/mol. The number of aromatic nitrogens is 5. The zero-order valence-electron chi connectivity index (χ0n) is 18.2. The molecule has 0 radical (unpaired) electrons. The smallest absolute Gasteiger partial charge is 0.329 e. The molecule has 0 aliphatic carbocycles. The first-order valence-corrected chi connectivity index (χ1v) is 10.8. The number of aliphatic hydroxyl groups is 1. The Bertz CT molecular complexity index is 1570. The summed E-state index contributed by atoms with van der Waals surface area (Å²) in [6.45, 7) is 5.04. The first-order valence-electron chi connectivity index (χ1n) is 10.8. The highest BCUT2D eigenvalue weighted by molar-refractivity contribution is 6.01. The zero-order valence-corrected chi connectivity index (χ0v) is 18.2. The molecular formula is C24H21N7O3. The van der Waals surface area contributed by atoms with Gasteiger partial charge in [0, 0.05) is 42.8 Å². The molecule has 4 aromatic rings. The van der Waals surface area contributed by atoms with Gasteiger partial charge in [-0.25, -0.2) is 14.8 Å². The van der Waals surface area contributed by atoms with E-state index in [1.54, 1.807) is 35.0 Å². The molecule has 34 heavy (non-hydrogen) atoms. The summed E-state index contributed by atoms with van der Waals surface area (Å²) in [7, 11) is 0. The maximum absolute atomic E-state index is 13.0. The average molecular weight is 455 g/mol. The first kappa shape index (κ1) is 21.5. The van der Waals surface area contributed by atoms with Crippen molar-refractivity contribution in [2.45, 2.75) is 18.9 Å². The molecule has 2 N–H and O–H groups in total. The van der Waals surface area contributed by atoms with E-state index in [4.69, 9.17) is 10.2 Å². The summed E-state index contributed by atoms with van der Waals surface area (Å²) in [6.07, 6.45) is 4.32. The Hall–Kier alpha value is -4.36. The Kier molecular flexibility index (Phi) is 5.39. The number of nitrogens with one attached hydrogen (secondary N) is 1. The predicted molar refractivity (Wildman–Crippen MR) is 126 cm³/mol. The van der Waals surface area contributed by atoms with Crippen molar-refractivity contribution >= 4 is 21.9 Å². The van der Waals surface area contributed by atoms with Gasteiger partial charge in [-0.15, -0.1) is 0 Å². The molecule has 1 aliphatic heterocycles. The Morgan fingerprint density at radius 3 is 2.65 bits per heavy atom. The highest BCUT2D eigenvalue weighted by Crippen LogP contribution is 2.29. The normalized spacial score (nSPS) is 14.4. The lowest BCUT2D eigenvalue weighted by molar-refractivity contribution is 0.195. The van der Waals surface area contributed by atoms with Gasteiger partial charge in [0.25, 0.3) is 5.56 Å². The summed E-state index contributed by atoms with van der Waals surface area (Å²) in [4.78, 5) is 43.4. The van der Waals surface area contributed by atoms with E-state index >= 15 is 0 Å². The highest BCUT2D eigenvalue weighted by atomic mass is 16.3. The van der Waals surface area contributed by atoms with Crippen LogP contribution in [0.25, 0.3) is 33.2 Å². The van der Waals surface area contributed by atoms with Crippen LogP contribution in [0.15, 0.2) is 58.5 Å². The van der Waals surface area contributed by atoms with Gasteiger partial charge in [-0.2, -0.15) is 5.26 Å². The molecule has 5 heterocycles. The first-order chi connectivity index (χ1) is 16.5. The lowest BCUT2D eigenvalue weighted by atomic mass is 10.0. The van der Waals surface area contributed by atoms with Crippen LogP contribution in [0.5, 0.6) is 0 Å².